The molecule has 2 aromatic rings. The molecule has 7 heteroatoms. The van der Waals surface area contributed by atoms with Crippen molar-refractivity contribution in [3.05, 3.63) is 47.2 Å². The van der Waals surface area contributed by atoms with Crippen molar-refractivity contribution in [3.8, 4) is 11.5 Å². The maximum Gasteiger partial charge on any atom is 0.240 e. The van der Waals surface area contributed by atoms with Gasteiger partial charge in [0, 0.05) is 24.4 Å². The average Bonchev–Trinajstić information content (AvgIpc) is 2.36. The van der Waals surface area contributed by atoms with Crippen molar-refractivity contribution in [1.82, 2.24) is 4.98 Å². The van der Waals surface area contributed by atoms with E-state index >= 15 is 0 Å². The summed E-state index contributed by atoms with van der Waals surface area (Å²) in [6.07, 6.45) is 2.49. The van der Waals surface area contributed by atoms with Gasteiger partial charge in [-0.2, -0.15) is 4.99 Å². The van der Waals surface area contributed by atoms with Crippen LogP contribution in [0.4, 0.5) is 14.5 Å². The van der Waals surface area contributed by atoms with Gasteiger partial charge in [0.2, 0.25) is 6.08 Å². The molecule has 0 aliphatic heterocycles. The third-order valence-electron chi connectivity index (χ3n) is 2.09. The van der Waals surface area contributed by atoms with Gasteiger partial charge in [-0.1, -0.05) is 11.6 Å². The van der Waals surface area contributed by atoms with Crippen molar-refractivity contribution in [3.63, 3.8) is 0 Å². The zero-order valence-electron chi connectivity index (χ0n) is 9.23. The fourth-order valence-electron chi connectivity index (χ4n) is 1.31. The monoisotopic (exact) mass is 282 g/mol. The smallest absolute Gasteiger partial charge is 0.240 e. The molecule has 0 fully saturated rings. The van der Waals surface area contributed by atoms with E-state index in [0.29, 0.717) is 0 Å². The first-order valence-corrected chi connectivity index (χ1v) is 5.34. The molecule has 2 rings (SSSR count). The van der Waals surface area contributed by atoms with Gasteiger partial charge < -0.3 is 4.74 Å². The molecule has 19 heavy (non-hydrogen) atoms. The Morgan fingerprint density at radius 1 is 1.26 bits per heavy atom. The number of carbonyl (C=O) groups excluding carboxylic acids is 1. The van der Waals surface area contributed by atoms with Crippen molar-refractivity contribution < 1.29 is 18.3 Å². The lowest BCUT2D eigenvalue weighted by atomic mass is 10.2. The highest BCUT2D eigenvalue weighted by molar-refractivity contribution is 6.29. The van der Waals surface area contributed by atoms with E-state index in [9.17, 15) is 13.6 Å². The summed E-state index contributed by atoms with van der Waals surface area (Å²) in [4.78, 5) is 16.8. The molecule has 1 heterocycles. The summed E-state index contributed by atoms with van der Waals surface area (Å²) < 4.78 is 32.2. The summed E-state index contributed by atoms with van der Waals surface area (Å²) in [6.45, 7) is 0. The predicted molar refractivity (Wildman–Crippen MR) is 63.5 cm³/mol. The van der Waals surface area contributed by atoms with Gasteiger partial charge in [0.05, 0.1) is 0 Å². The van der Waals surface area contributed by atoms with Crippen LogP contribution in [0.2, 0.25) is 5.15 Å². The van der Waals surface area contributed by atoms with Gasteiger partial charge in [-0.25, -0.2) is 18.6 Å². The standard InChI is InChI=1S/C12H5ClF2N2O2/c13-12-3-7(1-2-16-12)19-11-5-8(14)10(17-6-18)4-9(11)15/h1-5H. The van der Waals surface area contributed by atoms with Crippen LogP contribution in [0.3, 0.4) is 0 Å². The molecular weight excluding hydrogens is 278 g/mol. The van der Waals surface area contributed by atoms with Crippen LogP contribution in [0.1, 0.15) is 0 Å². The molecule has 4 nitrogen and oxygen atoms in total. The largest absolute Gasteiger partial charge is 0.454 e. The summed E-state index contributed by atoms with van der Waals surface area (Å²) in [5.74, 6) is -1.93. The molecule has 0 aliphatic rings. The van der Waals surface area contributed by atoms with Crippen LogP contribution < -0.4 is 4.74 Å². The number of aromatic nitrogens is 1. The first kappa shape index (κ1) is 13.1. The number of isocyanates is 1. The molecule has 0 amide bonds. The van der Waals surface area contributed by atoms with Crippen LogP contribution in [0.5, 0.6) is 11.5 Å². The quantitative estimate of drug-likeness (QED) is 0.489. The Hall–Kier alpha value is -2.30. The summed E-state index contributed by atoms with van der Waals surface area (Å²) >= 11 is 5.63. The molecule has 0 saturated heterocycles. The number of halogens is 3. The van der Waals surface area contributed by atoms with Crippen LogP contribution in [-0.4, -0.2) is 11.1 Å². The van der Waals surface area contributed by atoms with Crippen molar-refractivity contribution in [2.75, 3.05) is 0 Å². The van der Waals surface area contributed by atoms with Gasteiger partial charge in [-0.3, -0.25) is 0 Å². The van der Waals surface area contributed by atoms with Gasteiger partial charge >= 0.3 is 0 Å². The number of nitrogens with zero attached hydrogens (tertiary/aromatic N) is 2. The lowest BCUT2D eigenvalue weighted by molar-refractivity contribution is 0.436. The average molecular weight is 283 g/mol. The zero-order chi connectivity index (χ0) is 13.8. The molecule has 0 atom stereocenters. The minimum absolute atomic E-state index is 0.153. The van der Waals surface area contributed by atoms with E-state index in [1.165, 1.54) is 18.3 Å². The molecule has 0 bridgehead atoms. The fraction of sp³-hybridized carbons (Fsp3) is 0. The number of aliphatic imine (C=N–C) groups is 1. The third-order valence-corrected chi connectivity index (χ3v) is 2.30. The van der Waals surface area contributed by atoms with E-state index in [4.69, 9.17) is 16.3 Å². The van der Waals surface area contributed by atoms with Crippen LogP contribution in [0, 0.1) is 11.6 Å². The highest BCUT2D eigenvalue weighted by Gasteiger charge is 2.12. The highest BCUT2D eigenvalue weighted by Crippen LogP contribution is 2.30. The zero-order valence-corrected chi connectivity index (χ0v) is 9.99. The maximum atomic E-state index is 13.6. The van der Waals surface area contributed by atoms with Crippen LogP contribution in [-0.2, 0) is 4.79 Å². The van der Waals surface area contributed by atoms with Gasteiger partial charge in [0.1, 0.15) is 16.6 Å². The van der Waals surface area contributed by atoms with E-state index in [1.54, 1.807) is 0 Å². The number of hydrogen-bond donors (Lipinski definition) is 0. The lowest BCUT2D eigenvalue weighted by Gasteiger charge is -2.07. The minimum Gasteiger partial charge on any atom is -0.454 e. The number of ether oxygens (including phenoxy) is 1. The van der Waals surface area contributed by atoms with Crippen molar-refractivity contribution >= 4 is 23.4 Å². The molecule has 0 unspecified atom stereocenters. The van der Waals surface area contributed by atoms with E-state index < -0.39 is 17.3 Å². The van der Waals surface area contributed by atoms with Crippen LogP contribution >= 0.6 is 11.6 Å². The summed E-state index contributed by atoms with van der Waals surface area (Å²) in [5, 5.41) is 0.153. The molecule has 0 spiro atoms. The van der Waals surface area contributed by atoms with Gasteiger partial charge in [-0.15, -0.1) is 0 Å². The molecule has 1 aromatic heterocycles. The second-order valence-corrected chi connectivity index (χ2v) is 3.74. The van der Waals surface area contributed by atoms with Crippen LogP contribution in [0.25, 0.3) is 0 Å². The van der Waals surface area contributed by atoms with E-state index in [-0.39, 0.29) is 16.7 Å². The second kappa shape index (κ2) is 5.56. The molecule has 0 aliphatic carbocycles. The van der Waals surface area contributed by atoms with Crippen molar-refractivity contribution in [1.29, 1.82) is 0 Å². The van der Waals surface area contributed by atoms with Crippen molar-refractivity contribution in [2.24, 2.45) is 4.99 Å². The fourth-order valence-corrected chi connectivity index (χ4v) is 1.47. The lowest BCUT2D eigenvalue weighted by Crippen LogP contribution is -1.91. The topological polar surface area (TPSA) is 51.5 Å². The Labute approximate surface area is 111 Å². The molecule has 96 valence electrons. The van der Waals surface area contributed by atoms with Crippen molar-refractivity contribution in [2.45, 2.75) is 0 Å². The second-order valence-electron chi connectivity index (χ2n) is 3.35. The first-order chi connectivity index (χ1) is 9.10. The predicted octanol–water partition coefficient (Wildman–Crippen LogP) is 3.77. The molecule has 1 aromatic carbocycles. The molecule has 0 saturated carbocycles. The highest BCUT2D eigenvalue weighted by atomic mass is 35.5. The SMILES string of the molecule is O=C=Nc1cc(F)c(Oc2ccnc(Cl)c2)cc1F. The third kappa shape index (κ3) is 3.13. The first-order valence-electron chi connectivity index (χ1n) is 4.96. The summed E-state index contributed by atoms with van der Waals surface area (Å²) in [7, 11) is 0. The van der Waals surface area contributed by atoms with E-state index in [2.05, 4.69) is 9.98 Å². The maximum absolute atomic E-state index is 13.6. The van der Waals surface area contributed by atoms with Crippen LogP contribution in [0.15, 0.2) is 35.5 Å². The molecule has 0 radical (unpaired) electrons. The Morgan fingerprint density at radius 2 is 2.05 bits per heavy atom. The molecular formula is C12H5ClF2N2O2. The number of hydrogen-bond acceptors (Lipinski definition) is 4. The van der Waals surface area contributed by atoms with Gasteiger partial charge in [-0.05, 0) is 6.07 Å². The van der Waals surface area contributed by atoms with Gasteiger partial charge in [0.25, 0.3) is 0 Å². The number of pyridine rings is 1. The normalized spacial score (nSPS) is 9.84. The Kier molecular flexibility index (Phi) is 3.85. The van der Waals surface area contributed by atoms with Gasteiger partial charge in [0.15, 0.2) is 17.4 Å². The van der Waals surface area contributed by atoms with E-state index in [1.807, 2.05) is 0 Å². The Bertz CT molecular complexity index is 673. The Balaban J connectivity index is 2.36. The summed E-state index contributed by atoms with van der Waals surface area (Å²) in [5.41, 5.74) is -0.451. The Morgan fingerprint density at radius 3 is 2.74 bits per heavy atom. The summed E-state index contributed by atoms with van der Waals surface area (Å²) in [6, 6.07) is 4.29. The molecule has 0 N–H and O–H groups in total. The van der Waals surface area contributed by atoms with E-state index in [0.717, 1.165) is 18.2 Å². The number of rotatable bonds is 3. The minimum atomic E-state index is -0.903. The number of benzene rings is 1.